The Morgan fingerprint density at radius 1 is 1.21 bits per heavy atom. The lowest BCUT2D eigenvalue weighted by atomic mass is 9.93. The summed E-state index contributed by atoms with van der Waals surface area (Å²) in [6, 6.07) is 8.01. The number of carbonyl (C=O) groups excluding carboxylic acids is 2. The number of rotatable bonds is 5. The molecule has 2 aromatic rings. The molecule has 33 heavy (non-hydrogen) atoms. The standard InChI is InChI=1S/C26H31BrN4O2/c1-16-13-21(32)24-22(16)23(28-15-29-24)18-9-11-31(12-10-18)25(33)20(14-30-26(2,3)4)17-5-7-19(27)8-6-17/h5-9,15-16,20,30H,10-14H2,1-4H3/t16-,20-/m1/s1. The van der Waals surface area contributed by atoms with Crippen molar-refractivity contribution in [2.24, 2.45) is 0 Å². The normalized spacial score (nSPS) is 19.3. The highest BCUT2D eigenvalue weighted by Gasteiger charge is 2.33. The van der Waals surface area contributed by atoms with Crippen LogP contribution in [0.2, 0.25) is 0 Å². The number of Topliss-reactive ketones (excluding diaryl/α,β-unsaturated/α-hetero) is 1. The first-order valence-corrected chi connectivity index (χ1v) is 12.3. The number of benzene rings is 1. The molecule has 1 aromatic carbocycles. The molecule has 0 saturated heterocycles. The van der Waals surface area contributed by atoms with Gasteiger partial charge < -0.3 is 10.2 Å². The van der Waals surface area contributed by atoms with Gasteiger partial charge in [-0.15, -0.1) is 0 Å². The zero-order valence-corrected chi connectivity index (χ0v) is 21.3. The average molecular weight is 511 g/mol. The quantitative estimate of drug-likeness (QED) is 0.629. The summed E-state index contributed by atoms with van der Waals surface area (Å²) < 4.78 is 0.997. The first-order chi connectivity index (χ1) is 15.6. The van der Waals surface area contributed by atoms with Gasteiger partial charge >= 0.3 is 0 Å². The van der Waals surface area contributed by atoms with Crippen molar-refractivity contribution in [3.05, 3.63) is 63.7 Å². The minimum atomic E-state index is -0.256. The molecule has 7 heteroatoms. The van der Waals surface area contributed by atoms with Crippen LogP contribution in [0.5, 0.6) is 0 Å². The maximum atomic E-state index is 13.6. The number of nitrogens with one attached hydrogen (secondary N) is 1. The van der Waals surface area contributed by atoms with E-state index in [1.807, 2.05) is 29.2 Å². The number of halogens is 1. The number of nitrogens with zero attached hydrogens (tertiary/aromatic N) is 3. The van der Waals surface area contributed by atoms with Crippen LogP contribution in [0.4, 0.5) is 0 Å². The van der Waals surface area contributed by atoms with Crippen LogP contribution in [0, 0.1) is 0 Å². The van der Waals surface area contributed by atoms with Gasteiger partial charge in [0, 0.05) is 41.6 Å². The monoisotopic (exact) mass is 510 g/mol. The lowest BCUT2D eigenvalue weighted by molar-refractivity contribution is -0.132. The van der Waals surface area contributed by atoms with Crippen molar-refractivity contribution in [3.63, 3.8) is 0 Å². The van der Waals surface area contributed by atoms with Crippen molar-refractivity contribution in [1.82, 2.24) is 20.2 Å². The van der Waals surface area contributed by atoms with E-state index in [0.717, 1.165) is 33.3 Å². The molecule has 2 aliphatic rings. The van der Waals surface area contributed by atoms with E-state index in [4.69, 9.17) is 0 Å². The van der Waals surface area contributed by atoms with Gasteiger partial charge in [0.05, 0.1) is 11.6 Å². The van der Waals surface area contributed by atoms with Gasteiger partial charge in [0.2, 0.25) is 5.91 Å². The van der Waals surface area contributed by atoms with Gasteiger partial charge in [-0.3, -0.25) is 9.59 Å². The highest BCUT2D eigenvalue weighted by molar-refractivity contribution is 9.10. The van der Waals surface area contributed by atoms with E-state index >= 15 is 0 Å². The Labute approximate surface area is 204 Å². The number of carbonyl (C=O) groups is 2. The molecule has 4 rings (SSSR count). The van der Waals surface area contributed by atoms with Gasteiger partial charge in [0.15, 0.2) is 5.78 Å². The maximum absolute atomic E-state index is 13.6. The summed E-state index contributed by atoms with van der Waals surface area (Å²) in [7, 11) is 0. The molecule has 0 fully saturated rings. The van der Waals surface area contributed by atoms with Crippen molar-refractivity contribution in [2.75, 3.05) is 19.6 Å². The SMILES string of the molecule is C[C@@H]1CC(=O)c2ncnc(C3=CCN(C(=O)[C@H](CNC(C)(C)C)c4ccc(Br)cc4)CC3)c21. The van der Waals surface area contributed by atoms with Crippen molar-refractivity contribution < 1.29 is 9.59 Å². The summed E-state index contributed by atoms with van der Waals surface area (Å²) in [5.74, 6) is 0.0987. The van der Waals surface area contributed by atoms with E-state index in [2.05, 4.69) is 65.0 Å². The molecule has 1 aliphatic heterocycles. The lowest BCUT2D eigenvalue weighted by Crippen LogP contribution is -2.45. The Bertz CT molecular complexity index is 1090. The number of hydrogen-bond acceptors (Lipinski definition) is 5. The van der Waals surface area contributed by atoms with Crippen LogP contribution in [-0.4, -0.2) is 51.7 Å². The summed E-state index contributed by atoms with van der Waals surface area (Å²) in [5, 5.41) is 3.50. The molecule has 1 aliphatic carbocycles. The predicted molar refractivity (Wildman–Crippen MR) is 133 cm³/mol. The van der Waals surface area contributed by atoms with Crippen LogP contribution in [0.15, 0.2) is 41.1 Å². The molecule has 0 saturated carbocycles. The van der Waals surface area contributed by atoms with Crippen LogP contribution >= 0.6 is 15.9 Å². The third kappa shape index (κ3) is 5.25. The van der Waals surface area contributed by atoms with Gasteiger partial charge in [-0.05, 0) is 56.4 Å². The largest absolute Gasteiger partial charge is 0.338 e. The second-order valence-corrected chi connectivity index (χ2v) is 10.9. The van der Waals surface area contributed by atoms with Crippen molar-refractivity contribution in [1.29, 1.82) is 0 Å². The molecule has 174 valence electrons. The number of amides is 1. The molecule has 1 aromatic heterocycles. The summed E-state index contributed by atoms with van der Waals surface area (Å²) in [6.07, 6.45) is 4.80. The Hall–Kier alpha value is -2.38. The van der Waals surface area contributed by atoms with Crippen LogP contribution in [0.1, 0.15) is 79.7 Å². The molecule has 0 radical (unpaired) electrons. The summed E-state index contributed by atoms with van der Waals surface area (Å²) in [5.41, 5.74) is 4.45. The second-order valence-electron chi connectivity index (χ2n) is 10.0. The van der Waals surface area contributed by atoms with E-state index in [0.29, 0.717) is 31.7 Å². The zero-order valence-electron chi connectivity index (χ0n) is 19.7. The lowest BCUT2D eigenvalue weighted by Gasteiger charge is -2.32. The van der Waals surface area contributed by atoms with Gasteiger partial charge in [0.25, 0.3) is 0 Å². The van der Waals surface area contributed by atoms with Gasteiger partial charge in [-0.1, -0.05) is 41.1 Å². The Morgan fingerprint density at radius 3 is 2.55 bits per heavy atom. The average Bonchev–Trinajstić information content (AvgIpc) is 3.08. The molecule has 0 unspecified atom stereocenters. The molecular weight excluding hydrogens is 480 g/mol. The van der Waals surface area contributed by atoms with E-state index in [9.17, 15) is 9.59 Å². The number of hydrogen-bond donors (Lipinski definition) is 1. The van der Waals surface area contributed by atoms with E-state index in [-0.39, 0.29) is 29.1 Å². The smallest absolute Gasteiger partial charge is 0.231 e. The molecule has 2 atom stereocenters. The minimum absolute atomic E-state index is 0.0790. The van der Waals surface area contributed by atoms with Crippen LogP contribution in [-0.2, 0) is 4.79 Å². The Balaban J connectivity index is 1.54. The third-order valence-electron chi connectivity index (χ3n) is 6.36. The molecule has 2 heterocycles. The topological polar surface area (TPSA) is 75.2 Å². The fraction of sp³-hybridized carbons (Fsp3) is 0.462. The summed E-state index contributed by atoms with van der Waals surface area (Å²) in [6.45, 7) is 10.1. The maximum Gasteiger partial charge on any atom is 0.231 e. The third-order valence-corrected chi connectivity index (χ3v) is 6.89. The van der Waals surface area contributed by atoms with Crippen LogP contribution in [0.25, 0.3) is 5.57 Å². The Morgan fingerprint density at radius 2 is 1.91 bits per heavy atom. The number of aromatic nitrogens is 2. The predicted octanol–water partition coefficient (Wildman–Crippen LogP) is 4.72. The summed E-state index contributed by atoms with van der Waals surface area (Å²) in [4.78, 5) is 36.5. The van der Waals surface area contributed by atoms with Crippen molar-refractivity contribution in [2.45, 2.75) is 57.9 Å². The molecule has 1 amide bonds. The van der Waals surface area contributed by atoms with Crippen LogP contribution in [0.3, 0.4) is 0 Å². The Kier molecular flexibility index (Phi) is 6.82. The van der Waals surface area contributed by atoms with Crippen molar-refractivity contribution >= 4 is 33.2 Å². The number of fused-ring (bicyclic) bond motifs is 1. The minimum Gasteiger partial charge on any atom is -0.338 e. The molecule has 1 N–H and O–H groups in total. The molecule has 6 nitrogen and oxygen atoms in total. The number of ketones is 1. The van der Waals surface area contributed by atoms with Crippen molar-refractivity contribution in [3.8, 4) is 0 Å². The highest BCUT2D eigenvalue weighted by Crippen LogP contribution is 2.37. The van der Waals surface area contributed by atoms with E-state index in [1.165, 1.54) is 6.33 Å². The van der Waals surface area contributed by atoms with Crippen LogP contribution < -0.4 is 5.32 Å². The summed E-state index contributed by atoms with van der Waals surface area (Å²) >= 11 is 3.49. The fourth-order valence-electron chi connectivity index (χ4n) is 4.57. The van der Waals surface area contributed by atoms with E-state index in [1.54, 1.807) is 0 Å². The second kappa shape index (κ2) is 9.47. The zero-order chi connectivity index (χ0) is 23.8. The first kappa shape index (κ1) is 23.8. The first-order valence-electron chi connectivity index (χ1n) is 11.5. The van der Waals surface area contributed by atoms with Gasteiger partial charge in [0.1, 0.15) is 12.0 Å². The van der Waals surface area contributed by atoms with Gasteiger partial charge in [-0.2, -0.15) is 0 Å². The highest BCUT2D eigenvalue weighted by atomic mass is 79.9. The molecule has 0 spiro atoms. The molecule has 0 bridgehead atoms. The fourth-order valence-corrected chi connectivity index (χ4v) is 4.84. The van der Waals surface area contributed by atoms with E-state index < -0.39 is 0 Å². The van der Waals surface area contributed by atoms with Gasteiger partial charge in [-0.25, -0.2) is 9.97 Å². The molecular formula is C26H31BrN4O2.